The molecule has 2 aromatic rings. The van der Waals surface area contributed by atoms with Crippen molar-refractivity contribution < 1.29 is 4.74 Å². The molecule has 0 radical (unpaired) electrons. The number of rotatable bonds is 2. The molecule has 0 fully saturated rings. The third-order valence-corrected chi connectivity index (χ3v) is 3.15. The van der Waals surface area contributed by atoms with Gasteiger partial charge in [-0.1, -0.05) is 18.2 Å². The summed E-state index contributed by atoms with van der Waals surface area (Å²) in [5.74, 6) is 2.04. The van der Waals surface area contributed by atoms with Crippen molar-refractivity contribution in [1.29, 1.82) is 0 Å². The van der Waals surface area contributed by atoms with Gasteiger partial charge >= 0.3 is 0 Å². The lowest BCUT2D eigenvalue weighted by Gasteiger charge is -2.25. The Bertz CT molecular complexity index is 521. The van der Waals surface area contributed by atoms with E-state index in [1.165, 1.54) is 5.56 Å². The molecule has 88 valence electrons. The minimum absolute atomic E-state index is 0.458. The Hall–Kier alpha value is -1.97. The number of nitrogens with zero attached hydrogens (tertiary/aromatic N) is 2. The predicted octanol–water partition coefficient (Wildman–Crippen LogP) is 2.03. The van der Waals surface area contributed by atoms with Gasteiger partial charge in [0.05, 0.1) is 6.61 Å². The van der Waals surface area contributed by atoms with Crippen molar-refractivity contribution in [3.63, 3.8) is 0 Å². The van der Waals surface area contributed by atoms with E-state index in [0.29, 0.717) is 11.7 Å². The topological polar surface area (TPSA) is 53.1 Å². The molecule has 2 heterocycles. The molecule has 1 unspecified atom stereocenters. The summed E-state index contributed by atoms with van der Waals surface area (Å²) in [6.45, 7) is 1.63. The Labute approximate surface area is 100 Å². The molecule has 1 aromatic carbocycles. The van der Waals surface area contributed by atoms with Crippen molar-refractivity contribution in [3.05, 3.63) is 42.1 Å². The summed E-state index contributed by atoms with van der Waals surface area (Å²) < 4.78 is 7.55. The van der Waals surface area contributed by atoms with Gasteiger partial charge in [0.2, 0.25) is 0 Å². The van der Waals surface area contributed by atoms with Crippen LogP contribution in [0.15, 0.2) is 36.5 Å². The Kier molecular flexibility index (Phi) is 2.48. The standard InChI is InChI=1S/C13H15N3O/c14-13-5-7-16(15-13)9-10-6-8-17-12-4-2-1-3-11(10)12/h1-5,7,10H,6,8-9H2,(H2,14,15). The Morgan fingerprint density at radius 3 is 3.06 bits per heavy atom. The molecule has 17 heavy (non-hydrogen) atoms. The quantitative estimate of drug-likeness (QED) is 0.857. The number of aromatic nitrogens is 2. The molecule has 2 N–H and O–H groups in total. The van der Waals surface area contributed by atoms with Crippen LogP contribution < -0.4 is 10.5 Å². The van der Waals surface area contributed by atoms with Crippen LogP contribution in [0.2, 0.25) is 0 Å². The summed E-state index contributed by atoms with van der Waals surface area (Å²) in [7, 11) is 0. The van der Waals surface area contributed by atoms with E-state index in [2.05, 4.69) is 17.2 Å². The van der Waals surface area contributed by atoms with Crippen molar-refractivity contribution in [1.82, 2.24) is 9.78 Å². The van der Waals surface area contributed by atoms with E-state index >= 15 is 0 Å². The van der Waals surface area contributed by atoms with Crippen LogP contribution >= 0.6 is 0 Å². The van der Waals surface area contributed by atoms with Gasteiger partial charge in [0, 0.05) is 18.7 Å². The Morgan fingerprint density at radius 2 is 2.24 bits per heavy atom. The molecule has 0 saturated carbocycles. The molecule has 1 atom stereocenters. The maximum atomic E-state index is 5.64. The highest BCUT2D eigenvalue weighted by atomic mass is 16.5. The smallest absolute Gasteiger partial charge is 0.145 e. The first-order valence-electron chi connectivity index (χ1n) is 5.83. The number of para-hydroxylation sites is 1. The van der Waals surface area contributed by atoms with Crippen LogP contribution in [0, 0.1) is 0 Å². The fourth-order valence-corrected chi connectivity index (χ4v) is 2.31. The van der Waals surface area contributed by atoms with Crippen LogP contribution in [0.5, 0.6) is 5.75 Å². The molecule has 0 saturated heterocycles. The fourth-order valence-electron chi connectivity index (χ4n) is 2.31. The van der Waals surface area contributed by atoms with Crippen molar-refractivity contribution in [3.8, 4) is 5.75 Å². The van der Waals surface area contributed by atoms with Gasteiger partial charge in [-0.3, -0.25) is 4.68 Å². The average Bonchev–Trinajstić information content (AvgIpc) is 2.75. The third-order valence-electron chi connectivity index (χ3n) is 3.15. The van der Waals surface area contributed by atoms with Crippen LogP contribution in [0.1, 0.15) is 17.9 Å². The predicted molar refractivity (Wildman–Crippen MR) is 65.9 cm³/mol. The lowest BCUT2D eigenvalue weighted by atomic mass is 9.93. The van der Waals surface area contributed by atoms with Gasteiger partial charge in [-0.15, -0.1) is 0 Å². The molecule has 1 aliphatic heterocycles. The molecule has 0 aliphatic carbocycles. The third kappa shape index (κ3) is 1.98. The van der Waals surface area contributed by atoms with Gasteiger partial charge < -0.3 is 10.5 Å². The lowest BCUT2D eigenvalue weighted by molar-refractivity contribution is 0.256. The van der Waals surface area contributed by atoms with Crippen LogP contribution in [0.4, 0.5) is 5.82 Å². The highest BCUT2D eigenvalue weighted by molar-refractivity contribution is 5.37. The number of hydrogen-bond acceptors (Lipinski definition) is 3. The van der Waals surface area contributed by atoms with Gasteiger partial charge in [-0.05, 0) is 24.1 Å². The van der Waals surface area contributed by atoms with Crippen molar-refractivity contribution >= 4 is 5.82 Å². The summed E-state index contributed by atoms with van der Waals surface area (Å²) in [6.07, 6.45) is 2.95. The van der Waals surface area contributed by atoms with Gasteiger partial charge in [-0.25, -0.2) is 0 Å². The molecule has 0 bridgehead atoms. The van der Waals surface area contributed by atoms with E-state index in [1.54, 1.807) is 0 Å². The van der Waals surface area contributed by atoms with Crippen molar-refractivity contribution in [2.45, 2.75) is 18.9 Å². The molecule has 3 rings (SSSR count). The minimum atomic E-state index is 0.458. The zero-order chi connectivity index (χ0) is 11.7. The first kappa shape index (κ1) is 10.2. The zero-order valence-electron chi connectivity index (χ0n) is 9.54. The number of benzene rings is 1. The highest BCUT2D eigenvalue weighted by Gasteiger charge is 2.21. The second-order valence-electron chi connectivity index (χ2n) is 4.33. The Balaban J connectivity index is 1.85. The molecule has 0 spiro atoms. The molecule has 1 aliphatic rings. The van der Waals surface area contributed by atoms with Gasteiger partial charge in [0.25, 0.3) is 0 Å². The average molecular weight is 229 g/mol. The maximum absolute atomic E-state index is 5.64. The maximum Gasteiger partial charge on any atom is 0.145 e. The first-order valence-corrected chi connectivity index (χ1v) is 5.83. The fraction of sp³-hybridized carbons (Fsp3) is 0.308. The second-order valence-corrected chi connectivity index (χ2v) is 4.33. The molecular weight excluding hydrogens is 214 g/mol. The number of anilines is 1. The monoisotopic (exact) mass is 229 g/mol. The van der Waals surface area contributed by atoms with Gasteiger partial charge in [0.1, 0.15) is 11.6 Å². The van der Waals surface area contributed by atoms with E-state index in [1.807, 2.05) is 29.1 Å². The second kappa shape index (κ2) is 4.13. The molecule has 0 amide bonds. The summed E-state index contributed by atoms with van der Waals surface area (Å²) in [4.78, 5) is 0. The number of nitrogen functional groups attached to an aromatic ring is 1. The molecular formula is C13H15N3O. The highest BCUT2D eigenvalue weighted by Crippen LogP contribution is 2.34. The van der Waals surface area contributed by atoms with E-state index in [9.17, 15) is 0 Å². The van der Waals surface area contributed by atoms with Crippen molar-refractivity contribution in [2.24, 2.45) is 0 Å². The van der Waals surface area contributed by atoms with Crippen molar-refractivity contribution in [2.75, 3.05) is 12.3 Å². The van der Waals surface area contributed by atoms with Gasteiger partial charge in [-0.2, -0.15) is 5.10 Å². The molecule has 1 aromatic heterocycles. The summed E-state index contributed by atoms with van der Waals surface area (Å²) >= 11 is 0. The zero-order valence-corrected chi connectivity index (χ0v) is 9.54. The van der Waals surface area contributed by atoms with E-state index < -0.39 is 0 Å². The van der Waals surface area contributed by atoms with E-state index in [-0.39, 0.29) is 0 Å². The number of fused-ring (bicyclic) bond motifs is 1. The molecule has 4 heteroatoms. The minimum Gasteiger partial charge on any atom is -0.493 e. The van der Waals surface area contributed by atoms with E-state index in [4.69, 9.17) is 10.5 Å². The van der Waals surface area contributed by atoms with Gasteiger partial charge in [0.15, 0.2) is 0 Å². The largest absolute Gasteiger partial charge is 0.493 e. The summed E-state index contributed by atoms with van der Waals surface area (Å²) in [5, 5.41) is 4.23. The number of hydrogen-bond donors (Lipinski definition) is 1. The lowest BCUT2D eigenvalue weighted by Crippen LogP contribution is -2.18. The normalized spacial score (nSPS) is 18.5. The van der Waals surface area contributed by atoms with Crippen LogP contribution in [-0.2, 0) is 6.54 Å². The number of ether oxygens (including phenoxy) is 1. The number of nitrogens with two attached hydrogens (primary N) is 1. The summed E-state index contributed by atoms with van der Waals surface area (Å²) in [5.41, 5.74) is 6.89. The van der Waals surface area contributed by atoms with Crippen LogP contribution in [0.25, 0.3) is 0 Å². The first-order chi connectivity index (χ1) is 8.33. The Morgan fingerprint density at radius 1 is 1.35 bits per heavy atom. The SMILES string of the molecule is Nc1ccn(CC2CCOc3ccccc32)n1. The van der Waals surface area contributed by atoms with E-state index in [0.717, 1.165) is 25.3 Å². The molecule has 4 nitrogen and oxygen atoms in total. The summed E-state index contributed by atoms with van der Waals surface area (Å²) in [6, 6.07) is 10.0. The van der Waals surface area contributed by atoms with Crippen LogP contribution in [-0.4, -0.2) is 16.4 Å². The van der Waals surface area contributed by atoms with Crippen LogP contribution in [0.3, 0.4) is 0 Å².